The van der Waals surface area contributed by atoms with Crippen LogP contribution in [-0.4, -0.2) is 33.5 Å². The first-order chi connectivity index (χ1) is 15.3. The van der Waals surface area contributed by atoms with Crippen molar-refractivity contribution in [2.45, 2.75) is 0 Å². The molecule has 8 heteroatoms. The van der Waals surface area contributed by atoms with Crippen molar-refractivity contribution in [1.29, 1.82) is 0 Å². The Hall–Kier alpha value is -3.78. The zero-order valence-electron chi connectivity index (χ0n) is 17.4. The average molecular weight is 491 g/mol. The van der Waals surface area contributed by atoms with Gasteiger partial charge in [-0.1, -0.05) is 28.1 Å². The number of hydrogen-bond donors (Lipinski definition) is 0. The summed E-state index contributed by atoms with van der Waals surface area (Å²) in [6, 6.07) is 19.2. The van der Waals surface area contributed by atoms with Crippen molar-refractivity contribution in [3.63, 3.8) is 0 Å². The van der Waals surface area contributed by atoms with Crippen molar-refractivity contribution < 1.29 is 4.92 Å². The van der Waals surface area contributed by atoms with Crippen LogP contribution in [0.15, 0.2) is 82.2 Å². The molecule has 0 saturated carbocycles. The average Bonchev–Trinajstić information content (AvgIpc) is 2.78. The molecular formula is C24H19BrN4O3. The van der Waals surface area contributed by atoms with Crippen molar-refractivity contribution in [2.24, 2.45) is 0 Å². The molecule has 160 valence electrons. The molecular weight excluding hydrogens is 472 g/mol. The Kier molecular flexibility index (Phi) is 5.87. The first-order valence-corrected chi connectivity index (χ1v) is 10.6. The molecule has 0 aliphatic carbocycles. The number of halogens is 1. The minimum atomic E-state index is -0.422. The van der Waals surface area contributed by atoms with Crippen LogP contribution in [0.3, 0.4) is 0 Å². The molecule has 0 spiro atoms. The van der Waals surface area contributed by atoms with Crippen molar-refractivity contribution in [3.05, 3.63) is 103 Å². The van der Waals surface area contributed by atoms with Crippen molar-refractivity contribution in [1.82, 2.24) is 14.5 Å². The van der Waals surface area contributed by atoms with Crippen molar-refractivity contribution in [2.75, 3.05) is 14.1 Å². The van der Waals surface area contributed by atoms with Gasteiger partial charge in [-0.25, -0.2) is 4.98 Å². The molecule has 4 aromatic rings. The van der Waals surface area contributed by atoms with Crippen LogP contribution < -0.4 is 5.56 Å². The van der Waals surface area contributed by atoms with Crippen LogP contribution in [0.4, 0.5) is 5.69 Å². The van der Waals surface area contributed by atoms with E-state index in [-0.39, 0.29) is 11.2 Å². The van der Waals surface area contributed by atoms with Gasteiger partial charge < -0.3 is 4.90 Å². The molecule has 32 heavy (non-hydrogen) atoms. The number of para-hydroxylation sites is 1. The van der Waals surface area contributed by atoms with E-state index in [0.717, 1.165) is 4.47 Å². The highest BCUT2D eigenvalue weighted by atomic mass is 79.9. The molecule has 0 atom stereocenters. The third-order valence-corrected chi connectivity index (χ3v) is 5.42. The van der Waals surface area contributed by atoms with Gasteiger partial charge in [0.2, 0.25) is 0 Å². The fraction of sp³-hybridized carbons (Fsp3) is 0.0833. The lowest BCUT2D eigenvalue weighted by Crippen LogP contribution is -2.22. The highest BCUT2D eigenvalue weighted by molar-refractivity contribution is 9.10. The fourth-order valence-electron chi connectivity index (χ4n) is 3.38. The molecule has 0 unspecified atom stereocenters. The van der Waals surface area contributed by atoms with Crippen LogP contribution >= 0.6 is 15.9 Å². The molecule has 0 radical (unpaired) electrons. The predicted octanol–water partition coefficient (Wildman–Crippen LogP) is 5.26. The third-order valence-electron chi connectivity index (χ3n) is 4.90. The Bertz CT molecular complexity index is 1410. The number of benzene rings is 3. The lowest BCUT2D eigenvalue weighted by atomic mass is 10.1. The second kappa shape index (κ2) is 8.76. The zero-order valence-corrected chi connectivity index (χ0v) is 19.0. The number of nitro groups is 1. The highest BCUT2D eigenvalue weighted by Gasteiger charge is 2.18. The van der Waals surface area contributed by atoms with E-state index in [2.05, 4.69) is 15.9 Å². The topological polar surface area (TPSA) is 81.3 Å². The second-order valence-corrected chi connectivity index (χ2v) is 8.30. The lowest BCUT2D eigenvalue weighted by Gasteiger charge is -2.14. The van der Waals surface area contributed by atoms with Crippen LogP contribution in [0.1, 0.15) is 5.56 Å². The van der Waals surface area contributed by atoms with E-state index in [1.807, 2.05) is 44.4 Å². The van der Waals surface area contributed by atoms with Crippen LogP contribution in [0.2, 0.25) is 0 Å². The molecule has 0 bridgehead atoms. The summed E-state index contributed by atoms with van der Waals surface area (Å²) < 4.78 is 2.42. The summed E-state index contributed by atoms with van der Waals surface area (Å²) in [6.45, 7) is 0. The summed E-state index contributed by atoms with van der Waals surface area (Å²) in [4.78, 5) is 31.1. The molecule has 4 rings (SSSR count). The largest absolute Gasteiger partial charge is 0.383 e. The zero-order chi connectivity index (χ0) is 22.8. The minimum absolute atomic E-state index is 0.0230. The van der Waals surface area contributed by atoms with Crippen LogP contribution in [0.25, 0.3) is 34.1 Å². The molecule has 0 aliphatic rings. The third kappa shape index (κ3) is 4.17. The maximum atomic E-state index is 13.5. The van der Waals surface area contributed by atoms with Gasteiger partial charge in [-0.05, 0) is 60.8 Å². The summed E-state index contributed by atoms with van der Waals surface area (Å²) in [5, 5.41) is 12.0. The number of nitrogens with zero attached hydrogens (tertiary/aromatic N) is 4. The second-order valence-electron chi connectivity index (χ2n) is 7.38. The van der Waals surface area contributed by atoms with Crippen molar-refractivity contribution in [3.8, 4) is 17.1 Å². The summed E-state index contributed by atoms with van der Waals surface area (Å²) >= 11 is 3.42. The Morgan fingerprint density at radius 1 is 1.06 bits per heavy atom. The van der Waals surface area contributed by atoms with E-state index in [0.29, 0.717) is 33.5 Å². The van der Waals surface area contributed by atoms with Gasteiger partial charge in [0.1, 0.15) is 5.82 Å². The summed E-state index contributed by atoms with van der Waals surface area (Å²) in [7, 11) is 3.67. The molecule has 1 aromatic heterocycles. The van der Waals surface area contributed by atoms with Gasteiger partial charge in [0.15, 0.2) is 0 Å². The lowest BCUT2D eigenvalue weighted by molar-refractivity contribution is -0.385. The van der Waals surface area contributed by atoms with Crippen LogP contribution in [-0.2, 0) is 0 Å². The molecule has 0 fully saturated rings. The number of rotatable bonds is 5. The van der Waals surface area contributed by atoms with Crippen LogP contribution in [0.5, 0.6) is 0 Å². The molecule has 1 heterocycles. The van der Waals surface area contributed by atoms with E-state index in [1.165, 1.54) is 10.6 Å². The number of hydrogen-bond acceptors (Lipinski definition) is 5. The van der Waals surface area contributed by atoms with E-state index in [4.69, 9.17) is 4.98 Å². The fourth-order valence-corrected chi connectivity index (χ4v) is 3.64. The smallest absolute Gasteiger partial charge is 0.276 e. The summed E-state index contributed by atoms with van der Waals surface area (Å²) in [5.41, 5.74) is 1.99. The Morgan fingerprint density at radius 3 is 2.47 bits per heavy atom. The van der Waals surface area contributed by atoms with Gasteiger partial charge in [-0.2, -0.15) is 0 Å². The van der Waals surface area contributed by atoms with Gasteiger partial charge in [0, 0.05) is 30.2 Å². The minimum Gasteiger partial charge on any atom is -0.383 e. The molecule has 0 amide bonds. The summed E-state index contributed by atoms with van der Waals surface area (Å²) in [6.07, 6.45) is 3.41. The molecule has 3 aromatic carbocycles. The van der Waals surface area contributed by atoms with E-state index in [9.17, 15) is 14.9 Å². The Labute approximate surface area is 192 Å². The predicted molar refractivity (Wildman–Crippen MR) is 130 cm³/mol. The molecule has 7 nitrogen and oxygen atoms in total. The Balaban J connectivity index is 2.03. The number of fused-ring (bicyclic) bond motifs is 1. The Morgan fingerprint density at radius 2 is 1.78 bits per heavy atom. The quantitative estimate of drug-likeness (QED) is 0.281. The SMILES string of the molecule is CN(C)C=Cc1cc(-c2nc3ccccc3c(=O)n2-c2ccc(Br)cc2)ccc1[N+](=O)[O-]. The number of nitro benzene ring substituents is 1. The van der Waals surface area contributed by atoms with Gasteiger partial charge >= 0.3 is 0 Å². The van der Waals surface area contributed by atoms with Gasteiger partial charge in [-0.3, -0.25) is 19.5 Å². The summed E-state index contributed by atoms with van der Waals surface area (Å²) in [5.74, 6) is 0.408. The maximum Gasteiger partial charge on any atom is 0.276 e. The van der Waals surface area contributed by atoms with E-state index < -0.39 is 4.92 Å². The molecule has 0 saturated heterocycles. The van der Waals surface area contributed by atoms with E-state index >= 15 is 0 Å². The van der Waals surface area contributed by atoms with Gasteiger partial charge in [-0.15, -0.1) is 0 Å². The standard InChI is InChI=1S/C24H19BrN4O3/c1-27(2)14-13-16-15-17(7-12-22(16)29(31)32)23-26-21-6-4-3-5-20(21)24(30)28(23)19-10-8-18(25)9-11-19/h3-15H,1-2H3. The van der Waals surface area contributed by atoms with Crippen LogP contribution in [0, 0.1) is 10.1 Å². The van der Waals surface area contributed by atoms with Gasteiger partial charge in [0.25, 0.3) is 11.2 Å². The highest BCUT2D eigenvalue weighted by Crippen LogP contribution is 2.29. The van der Waals surface area contributed by atoms with Gasteiger partial charge in [0.05, 0.1) is 27.1 Å². The normalized spacial score (nSPS) is 11.2. The molecule has 0 aliphatic heterocycles. The molecule has 0 N–H and O–H groups in total. The first-order valence-electron chi connectivity index (χ1n) is 9.76. The first kappa shape index (κ1) is 21.5. The van der Waals surface area contributed by atoms with E-state index in [1.54, 1.807) is 47.5 Å². The number of aromatic nitrogens is 2. The maximum absolute atomic E-state index is 13.5. The monoisotopic (exact) mass is 490 g/mol. The van der Waals surface area contributed by atoms with Crippen molar-refractivity contribution >= 4 is 38.6 Å².